The van der Waals surface area contributed by atoms with E-state index in [1.165, 1.54) is 12.1 Å². The number of amides is 1. The van der Waals surface area contributed by atoms with Crippen LogP contribution in [-0.2, 0) is 11.2 Å². The molecule has 0 spiro atoms. The van der Waals surface area contributed by atoms with E-state index in [0.717, 1.165) is 12.0 Å². The maximum Gasteiger partial charge on any atom is 0.224 e. The van der Waals surface area contributed by atoms with Crippen LogP contribution < -0.4 is 5.32 Å². The van der Waals surface area contributed by atoms with Crippen molar-refractivity contribution in [2.24, 2.45) is 0 Å². The fourth-order valence-electron chi connectivity index (χ4n) is 1.51. The lowest BCUT2D eigenvalue weighted by molar-refractivity contribution is -0.121. The smallest absolute Gasteiger partial charge is 0.224 e. The number of nitrogens with one attached hydrogen (secondary N) is 1. The van der Waals surface area contributed by atoms with Crippen LogP contribution in [0.4, 0.5) is 4.39 Å². The van der Waals surface area contributed by atoms with Crippen LogP contribution >= 0.6 is 0 Å². The highest BCUT2D eigenvalue weighted by atomic mass is 19.1. The Balaban J connectivity index is 2.49. The number of benzene rings is 1. The van der Waals surface area contributed by atoms with Gasteiger partial charge in [0.1, 0.15) is 5.82 Å². The SMILES string of the molecule is C#CCC(CC)NC(=O)Cc1ccc(F)cc1. The van der Waals surface area contributed by atoms with Crippen molar-refractivity contribution < 1.29 is 9.18 Å². The highest BCUT2D eigenvalue weighted by molar-refractivity contribution is 5.78. The van der Waals surface area contributed by atoms with E-state index in [2.05, 4.69) is 11.2 Å². The zero-order valence-electron chi connectivity index (χ0n) is 9.87. The van der Waals surface area contributed by atoms with Crippen LogP contribution in [0.5, 0.6) is 0 Å². The number of carbonyl (C=O) groups excluding carboxylic acids is 1. The number of carbonyl (C=O) groups is 1. The molecule has 1 aromatic carbocycles. The molecule has 0 heterocycles. The van der Waals surface area contributed by atoms with Gasteiger partial charge in [0.2, 0.25) is 5.91 Å². The molecule has 1 amide bonds. The van der Waals surface area contributed by atoms with Gasteiger partial charge in [-0.3, -0.25) is 4.79 Å². The van der Waals surface area contributed by atoms with E-state index in [0.29, 0.717) is 6.42 Å². The lowest BCUT2D eigenvalue weighted by atomic mass is 10.1. The van der Waals surface area contributed by atoms with Gasteiger partial charge in [0.05, 0.1) is 6.42 Å². The Labute approximate surface area is 101 Å². The molecule has 0 aliphatic carbocycles. The van der Waals surface area contributed by atoms with Gasteiger partial charge in [-0.15, -0.1) is 12.3 Å². The summed E-state index contributed by atoms with van der Waals surface area (Å²) < 4.78 is 12.7. The fraction of sp³-hybridized carbons (Fsp3) is 0.357. The zero-order valence-corrected chi connectivity index (χ0v) is 9.87. The van der Waals surface area contributed by atoms with E-state index in [1.807, 2.05) is 6.92 Å². The number of terminal acetylenes is 1. The van der Waals surface area contributed by atoms with E-state index in [1.54, 1.807) is 12.1 Å². The molecule has 0 saturated heterocycles. The molecule has 0 aliphatic heterocycles. The van der Waals surface area contributed by atoms with Crippen LogP contribution in [0, 0.1) is 18.2 Å². The van der Waals surface area contributed by atoms with Gasteiger partial charge >= 0.3 is 0 Å². The van der Waals surface area contributed by atoms with Gasteiger partial charge in [-0.2, -0.15) is 0 Å². The van der Waals surface area contributed by atoms with Crippen LogP contribution in [0.3, 0.4) is 0 Å². The van der Waals surface area contributed by atoms with E-state index < -0.39 is 0 Å². The molecule has 17 heavy (non-hydrogen) atoms. The standard InChI is InChI=1S/C14H16FNO/c1-3-5-13(4-2)16-14(17)10-11-6-8-12(15)9-7-11/h1,6-9,13H,4-5,10H2,2H3,(H,16,17). The molecule has 90 valence electrons. The minimum atomic E-state index is -0.298. The lowest BCUT2D eigenvalue weighted by Gasteiger charge is -2.14. The minimum Gasteiger partial charge on any atom is -0.352 e. The van der Waals surface area contributed by atoms with Crippen LogP contribution in [0.2, 0.25) is 0 Å². The molecule has 3 heteroatoms. The molecule has 0 fully saturated rings. The van der Waals surface area contributed by atoms with E-state index >= 15 is 0 Å². The Hall–Kier alpha value is -1.82. The molecule has 0 aromatic heterocycles. The second-order valence-corrected chi connectivity index (χ2v) is 3.88. The number of halogens is 1. The van der Waals surface area contributed by atoms with Crippen molar-refractivity contribution >= 4 is 5.91 Å². The van der Waals surface area contributed by atoms with E-state index in [-0.39, 0.29) is 24.2 Å². The molecule has 2 nitrogen and oxygen atoms in total. The van der Waals surface area contributed by atoms with Gasteiger partial charge in [-0.1, -0.05) is 19.1 Å². The third-order valence-corrected chi connectivity index (χ3v) is 2.50. The van der Waals surface area contributed by atoms with Gasteiger partial charge in [0.25, 0.3) is 0 Å². The molecule has 1 N–H and O–H groups in total. The Morgan fingerprint density at radius 3 is 2.65 bits per heavy atom. The molecule has 0 radical (unpaired) electrons. The summed E-state index contributed by atoms with van der Waals surface area (Å²) in [6, 6.07) is 5.93. The summed E-state index contributed by atoms with van der Waals surface area (Å²) in [4.78, 5) is 11.7. The average molecular weight is 233 g/mol. The van der Waals surface area contributed by atoms with Crippen molar-refractivity contribution in [2.45, 2.75) is 32.2 Å². The lowest BCUT2D eigenvalue weighted by Crippen LogP contribution is -2.35. The quantitative estimate of drug-likeness (QED) is 0.777. The fourth-order valence-corrected chi connectivity index (χ4v) is 1.51. The summed E-state index contributed by atoms with van der Waals surface area (Å²) in [5, 5.41) is 2.86. The van der Waals surface area contributed by atoms with Gasteiger partial charge in [-0.25, -0.2) is 4.39 Å². The Morgan fingerprint density at radius 1 is 1.47 bits per heavy atom. The van der Waals surface area contributed by atoms with Crippen molar-refractivity contribution in [1.82, 2.24) is 5.32 Å². The summed E-state index contributed by atoms with van der Waals surface area (Å²) in [6.07, 6.45) is 6.80. The van der Waals surface area contributed by atoms with Crippen molar-refractivity contribution in [3.8, 4) is 12.3 Å². The molecule has 1 aromatic rings. The van der Waals surface area contributed by atoms with E-state index in [4.69, 9.17) is 6.42 Å². The van der Waals surface area contributed by atoms with Crippen LogP contribution in [-0.4, -0.2) is 11.9 Å². The molecular weight excluding hydrogens is 217 g/mol. The zero-order chi connectivity index (χ0) is 12.7. The van der Waals surface area contributed by atoms with E-state index in [9.17, 15) is 9.18 Å². The summed E-state index contributed by atoms with van der Waals surface area (Å²) in [6.45, 7) is 1.97. The number of hydrogen-bond acceptors (Lipinski definition) is 1. The molecular formula is C14H16FNO. The Kier molecular flexibility index (Phi) is 5.22. The van der Waals surface area contributed by atoms with Crippen molar-refractivity contribution in [2.75, 3.05) is 0 Å². The minimum absolute atomic E-state index is 0.0212. The van der Waals surface area contributed by atoms with Crippen molar-refractivity contribution in [3.63, 3.8) is 0 Å². The predicted octanol–water partition coefficient (Wildman–Crippen LogP) is 2.29. The molecule has 1 atom stereocenters. The maximum atomic E-state index is 12.7. The first kappa shape index (κ1) is 13.2. The van der Waals surface area contributed by atoms with Crippen molar-refractivity contribution in [3.05, 3.63) is 35.6 Å². The predicted molar refractivity (Wildman–Crippen MR) is 65.8 cm³/mol. The summed E-state index contributed by atoms with van der Waals surface area (Å²) in [5.74, 6) is 2.15. The third-order valence-electron chi connectivity index (χ3n) is 2.50. The van der Waals surface area contributed by atoms with Crippen molar-refractivity contribution in [1.29, 1.82) is 0 Å². The summed E-state index contributed by atoms with van der Waals surface area (Å²) in [5.41, 5.74) is 0.791. The second kappa shape index (κ2) is 6.70. The number of rotatable bonds is 5. The highest BCUT2D eigenvalue weighted by Gasteiger charge is 2.09. The maximum absolute atomic E-state index is 12.7. The van der Waals surface area contributed by atoms with Gasteiger partial charge in [-0.05, 0) is 24.1 Å². The van der Waals surface area contributed by atoms with Gasteiger partial charge in [0, 0.05) is 12.5 Å². The first-order valence-corrected chi connectivity index (χ1v) is 5.63. The second-order valence-electron chi connectivity index (χ2n) is 3.88. The van der Waals surface area contributed by atoms with Crippen LogP contribution in [0.25, 0.3) is 0 Å². The summed E-state index contributed by atoms with van der Waals surface area (Å²) in [7, 11) is 0. The number of hydrogen-bond donors (Lipinski definition) is 1. The third kappa shape index (κ3) is 4.69. The molecule has 1 rings (SSSR count). The molecule has 0 saturated carbocycles. The van der Waals surface area contributed by atoms with Gasteiger partial charge < -0.3 is 5.32 Å². The highest BCUT2D eigenvalue weighted by Crippen LogP contribution is 2.04. The summed E-state index contributed by atoms with van der Waals surface area (Å²) >= 11 is 0. The first-order chi connectivity index (χ1) is 8.15. The molecule has 1 unspecified atom stereocenters. The largest absolute Gasteiger partial charge is 0.352 e. The van der Waals surface area contributed by atoms with Gasteiger partial charge in [0.15, 0.2) is 0 Å². The molecule has 0 aliphatic rings. The van der Waals surface area contributed by atoms with Crippen LogP contribution in [0.15, 0.2) is 24.3 Å². The monoisotopic (exact) mass is 233 g/mol. The molecule has 0 bridgehead atoms. The normalized spacial score (nSPS) is 11.6. The Morgan fingerprint density at radius 2 is 2.12 bits per heavy atom. The van der Waals surface area contributed by atoms with Crippen LogP contribution in [0.1, 0.15) is 25.3 Å². The first-order valence-electron chi connectivity index (χ1n) is 5.63. The topological polar surface area (TPSA) is 29.1 Å². The Bertz CT molecular complexity index is 405. The average Bonchev–Trinajstić information content (AvgIpc) is 2.31.